The van der Waals surface area contributed by atoms with Gasteiger partial charge in [-0.3, -0.25) is 4.79 Å². The molecule has 0 aromatic heterocycles. The maximum Gasteiger partial charge on any atom is 0.342 e. The van der Waals surface area contributed by atoms with Gasteiger partial charge in [-0.2, -0.15) is 0 Å². The van der Waals surface area contributed by atoms with Gasteiger partial charge in [-0.25, -0.2) is 4.79 Å². The lowest BCUT2D eigenvalue weighted by Gasteiger charge is -2.34. The van der Waals surface area contributed by atoms with E-state index in [1.54, 1.807) is 12.1 Å². The highest BCUT2D eigenvalue weighted by molar-refractivity contribution is 5.95. The minimum absolute atomic E-state index is 0.137. The minimum atomic E-state index is -1.69. The fraction of sp³-hybridized carbons (Fsp3) is 0.636. The highest BCUT2D eigenvalue weighted by Gasteiger charge is 2.37. The van der Waals surface area contributed by atoms with Gasteiger partial charge in [0.2, 0.25) is 0 Å². The van der Waals surface area contributed by atoms with Crippen LogP contribution in [0.2, 0.25) is 0 Å². The lowest BCUT2D eigenvalue weighted by molar-refractivity contribution is -0.138. The standard InChI is InChI=1S/C22H34N2O6/c1-11(2)8-14(23)19(26)20(27)21(28)24-15(9-12(3)4)17-10-13-6-5-7-16(25)18(13)22(29)30-17/h5-7,11-12,14-15,17,19-20,25-27H,8-10,23H2,1-4H3,(H,24,28)/t14-,15-,17-,19-,20-/m0/s1. The Morgan fingerprint density at radius 3 is 2.43 bits per heavy atom. The Hall–Kier alpha value is -2.16. The Morgan fingerprint density at radius 2 is 1.83 bits per heavy atom. The number of phenols is 1. The topological polar surface area (TPSA) is 142 Å². The number of cyclic esters (lactones) is 1. The number of carbonyl (C=O) groups excluding carboxylic acids is 2. The number of benzene rings is 1. The molecule has 30 heavy (non-hydrogen) atoms. The summed E-state index contributed by atoms with van der Waals surface area (Å²) in [6.07, 6.45) is -2.48. The predicted octanol–water partition coefficient (Wildman–Crippen LogP) is 1.10. The molecular weight excluding hydrogens is 388 g/mol. The normalized spacial score (nSPS) is 20.3. The Kier molecular flexibility index (Phi) is 8.23. The van der Waals surface area contributed by atoms with E-state index in [0.717, 1.165) is 0 Å². The van der Waals surface area contributed by atoms with Crippen LogP contribution in [0.3, 0.4) is 0 Å². The van der Waals surface area contributed by atoms with Crippen LogP contribution in [0.4, 0.5) is 0 Å². The van der Waals surface area contributed by atoms with Crippen LogP contribution in [-0.2, 0) is 16.0 Å². The van der Waals surface area contributed by atoms with Gasteiger partial charge in [0.05, 0.1) is 6.04 Å². The summed E-state index contributed by atoms with van der Waals surface area (Å²) in [5.41, 5.74) is 6.69. The number of amides is 1. The largest absolute Gasteiger partial charge is 0.507 e. The number of aliphatic hydroxyl groups excluding tert-OH is 2. The molecule has 1 aromatic rings. The highest BCUT2D eigenvalue weighted by Crippen LogP contribution is 2.30. The van der Waals surface area contributed by atoms with Gasteiger partial charge in [-0.1, -0.05) is 39.8 Å². The Bertz CT molecular complexity index is 751. The van der Waals surface area contributed by atoms with E-state index in [1.165, 1.54) is 6.07 Å². The van der Waals surface area contributed by atoms with Crippen molar-refractivity contribution in [1.29, 1.82) is 0 Å². The lowest BCUT2D eigenvalue weighted by atomic mass is 9.90. The van der Waals surface area contributed by atoms with Crippen LogP contribution in [0.1, 0.15) is 56.5 Å². The number of rotatable bonds is 9. The number of hydrogen-bond acceptors (Lipinski definition) is 7. The number of nitrogens with two attached hydrogens (primary N) is 1. The predicted molar refractivity (Wildman–Crippen MR) is 112 cm³/mol. The molecule has 5 atom stereocenters. The number of aliphatic hydroxyl groups is 2. The van der Waals surface area contributed by atoms with Crippen LogP contribution in [0.5, 0.6) is 5.75 Å². The molecule has 0 saturated carbocycles. The van der Waals surface area contributed by atoms with E-state index in [-0.39, 0.29) is 23.1 Å². The number of hydrogen-bond donors (Lipinski definition) is 5. The van der Waals surface area contributed by atoms with Gasteiger partial charge in [-0.05, 0) is 36.3 Å². The van der Waals surface area contributed by atoms with Crippen LogP contribution in [-0.4, -0.2) is 57.6 Å². The second kappa shape index (κ2) is 10.2. The first-order valence-corrected chi connectivity index (χ1v) is 10.4. The molecule has 1 aliphatic heterocycles. The van der Waals surface area contributed by atoms with E-state index in [9.17, 15) is 24.9 Å². The van der Waals surface area contributed by atoms with E-state index in [0.29, 0.717) is 24.8 Å². The van der Waals surface area contributed by atoms with Crippen molar-refractivity contribution in [3.63, 3.8) is 0 Å². The fourth-order valence-corrected chi connectivity index (χ4v) is 3.82. The zero-order valence-electron chi connectivity index (χ0n) is 18.0. The molecule has 168 valence electrons. The smallest absolute Gasteiger partial charge is 0.342 e. The number of carbonyl (C=O) groups is 2. The molecule has 0 spiro atoms. The summed E-state index contributed by atoms with van der Waals surface area (Å²) in [7, 11) is 0. The van der Waals surface area contributed by atoms with E-state index >= 15 is 0 Å². The third-order valence-corrected chi connectivity index (χ3v) is 5.29. The van der Waals surface area contributed by atoms with Crippen molar-refractivity contribution in [3.8, 4) is 5.75 Å². The number of nitrogens with one attached hydrogen (secondary N) is 1. The first-order valence-electron chi connectivity index (χ1n) is 10.4. The molecule has 2 rings (SSSR count). The molecule has 8 heteroatoms. The van der Waals surface area contributed by atoms with Gasteiger partial charge in [0, 0.05) is 12.5 Å². The molecule has 1 amide bonds. The third kappa shape index (κ3) is 5.93. The number of aromatic hydroxyl groups is 1. The average Bonchev–Trinajstić information content (AvgIpc) is 2.65. The molecule has 0 aliphatic carbocycles. The van der Waals surface area contributed by atoms with Gasteiger partial charge < -0.3 is 31.1 Å². The van der Waals surface area contributed by atoms with Crippen molar-refractivity contribution in [2.45, 2.75) is 77.4 Å². The number of esters is 1. The lowest BCUT2D eigenvalue weighted by Crippen LogP contribution is -2.55. The second-order valence-electron chi connectivity index (χ2n) is 8.93. The van der Waals surface area contributed by atoms with Crippen molar-refractivity contribution in [2.75, 3.05) is 0 Å². The van der Waals surface area contributed by atoms with Crippen molar-refractivity contribution in [1.82, 2.24) is 5.32 Å². The van der Waals surface area contributed by atoms with E-state index in [1.807, 2.05) is 27.7 Å². The zero-order valence-corrected chi connectivity index (χ0v) is 18.0. The fourth-order valence-electron chi connectivity index (χ4n) is 3.82. The molecule has 0 bridgehead atoms. The quantitative estimate of drug-likeness (QED) is 0.375. The van der Waals surface area contributed by atoms with Crippen molar-refractivity contribution in [2.24, 2.45) is 17.6 Å². The SMILES string of the molecule is CC(C)C[C@H](NC(=O)[C@@H](O)[C@@H](O)[C@@H](N)CC(C)C)[C@@H]1Cc2cccc(O)c2C(=O)O1. The van der Waals surface area contributed by atoms with Crippen molar-refractivity contribution in [3.05, 3.63) is 29.3 Å². The Balaban J connectivity index is 2.14. The van der Waals surface area contributed by atoms with Crippen LogP contribution in [0, 0.1) is 11.8 Å². The van der Waals surface area contributed by atoms with E-state index in [2.05, 4.69) is 5.32 Å². The summed E-state index contributed by atoms with van der Waals surface area (Å²) in [6.45, 7) is 7.80. The maximum atomic E-state index is 12.6. The molecule has 1 heterocycles. The summed E-state index contributed by atoms with van der Waals surface area (Å²) in [4.78, 5) is 25.1. The Labute approximate surface area is 177 Å². The molecule has 0 radical (unpaired) electrons. The molecule has 0 saturated heterocycles. The van der Waals surface area contributed by atoms with Gasteiger partial charge in [-0.15, -0.1) is 0 Å². The summed E-state index contributed by atoms with van der Waals surface area (Å²) in [6, 6.07) is 3.50. The zero-order chi connectivity index (χ0) is 22.6. The van der Waals surface area contributed by atoms with Gasteiger partial charge in [0.15, 0.2) is 6.10 Å². The molecule has 0 fully saturated rings. The van der Waals surface area contributed by atoms with Crippen LogP contribution >= 0.6 is 0 Å². The summed E-state index contributed by atoms with van der Waals surface area (Å²) in [5, 5.41) is 33.3. The first-order chi connectivity index (χ1) is 14.0. The third-order valence-electron chi connectivity index (χ3n) is 5.29. The number of ether oxygens (including phenoxy) is 1. The van der Waals surface area contributed by atoms with E-state index < -0.39 is 42.3 Å². The van der Waals surface area contributed by atoms with Crippen LogP contribution < -0.4 is 11.1 Å². The molecule has 1 aliphatic rings. The summed E-state index contributed by atoms with van der Waals surface area (Å²) < 4.78 is 5.52. The average molecular weight is 423 g/mol. The monoisotopic (exact) mass is 422 g/mol. The van der Waals surface area contributed by atoms with E-state index in [4.69, 9.17) is 10.5 Å². The van der Waals surface area contributed by atoms with Crippen LogP contribution in [0.25, 0.3) is 0 Å². The molecular formula is C22H34N2O6. The van der Waals surface area contributed by atoms with Crippen molar-refractivity contribution < 1.29 is 29.6 Å². The summed E-state index contributed by atoms with van der Waals surface area (Å²) in [5.74, 6) is -1.17. The molecule has 0 unspecified atom stereocenters. The van der Waals surface area contributed by atoms with Crippen molar-refractivity contribution >= 4 is 11.9 Å². The number of fused-ring (bicyclic) bond motifs is 1. The summed E-state index contributed by atoms with van der Waals surface area (Å²) >= 11 is 0. The molecule has 8 nitrogen and oxygen atoms in total. The van der Waals surface area contributed by atoms with Crippen LogP contribution in [0.15, 0.2) is 18.2 Å². The second-order valence-corrected chi connectivity index (χ2v) is 8.93. The molecule has 6 N–H and O–H groups in total. The minimum Gasteiger partial charge on any atom is -0.507 e. The van der Waals surface area contributed by atoms with Gasteiger partial charge >= 0.3 is 5.97 Å². The Morgan fingerprint density at radius 1 is 1.20 bits per heavy atom. The van der Waals surface area contributed by atoms with Gasteiger partial charge in [0.1, 0.15) is 23.5 Å². The first kappa shape index (κ1) is 24.1. The maximum absolute atomic E-state index is 12.6. The number of phenolic OH excluding ortho intramolecular Hbond substituents is 1. The molecule has 1 aromatic carbocycles. The van der Waals surface area contributed by atoms with Gasteiger partial charge in [0.25, 0.3) is 5.91 Å². The highest BCUT2D eigenvalue weighted by atomic mass is 16.5.